The van der Waals surface area contributed by atoms with Crippen molar-refractivity contribution in [2.24, 2.45) is 0 Å². The maximum atomic E-state index is 13.9. The molecule has 3 N–H and O–H groups in total. The highest BCUT2D eigenvalue weighted by Crippen LogP contribution is 2.38. The maximum Gasteiger partial charge on any atom is 0.275 e. The van der Waals surface area contributed by atoms with Crippen molar-refractivity contribution in [1.82, 2.24) is 5.48 Å². The van der Waals surface area contributed by atoms with Crippen LogP contribution in [0.2, 0.25) is 0 Å². The van der Waals surface area contributed by atoms with E-state index in [1.807, 2.05) is 48.5 Å². The molecule has 0 spiro atoms. The number of hydrogen-bond acceptors (Lipinski definition) is 4. The Morgan fingerprint density at radius 3 is 2.26 bits per heavy atom. The number of amides is 2. The van der Waals surface area contributed by atoms with Crippen LogP contribution in [-0.2, 0) is 14.9 Å². The van der Waals surface area contributed by atoms with Crippen molar-refractivity contribution in [2.75, 3.05) is 18.5 Å². The van der Waals surface area contributed by atoms with E-state index in [9.17, 15) is 14.8 Å². The lowest BCUT2D eigenvalue weighted by atomic mass is 9.73. The molecule has 2 amide bonds. The number of benzene rings is 4. The standard InChI is InChI=1S/C29H26N2O4/c32-27(31-34)25-13-12-24(19-26(25)21-7-2-1-3-8-21)30-28(33)29(14-16-35-17-15-29)23-11-10-20-6-4-5-9-22(20)18-23/h1-13,18-19,34H,14-17H2,(H,30,33)(H,31,32). The number of nitrogens with one attached hydrogen (secondary N) is 2. The van der Waals surface area contributed by atoms with Gasteiger partial charge in [0.1, 0.15) is 0 Å². The van der Waals surface area contributed by atoms with E-state index in [-0.39, 0.29) is 5.91 Å². The fourth-order valence-electron chi connectivity index (χ4n) is 4.84. The van der Waals surface area contributed by atoms with Crippen LogP contribution in [0.4, 0.5) is 5.69 Å². The zero-order valence-corrected chi connectivity index (χ0v) is 19.2. The summed E-state index contributed by atoms with van der Waals surface area (Å²) in [5.74, 6) is -0.715. The highest BCUT2D eigenvalue weighted by molar-refractivity contribution is 6.04. The molecular weight excluding hydrogens is 440 g/mol. The van der Waals surface area contributed by atoms with Crippen LogP contribution in [0, 0.1) is 0 Å². The summed E-state index contributed by atoms with van der Waals surface area (Å²) in [5, 5.41) is 14.5. The zero-order chi connectivity index (χ0) is 24.3. The van der Waals surface area contributed by atoms with E-state index in [2.05, 4.69) is 29.6 Å². The molecule has 0 atom stereocenters. The summed E-state index contributed by atoms with van der Waals surface area (Å²) >= 11 is 0. The molecule has 1 heterocycles. The number of rotatable bonds is 5. The molecule has 1 fully saturated rings. The summed E-state index contributed by atoms with van der Waals surface area (Å²) in [5.41, 5.74) is 4.26. The van der Waals surface area contributed by atoms with Gasteiger partial charge in [-0.1, -0.05) is 72.8 Å². The van der Waals surface area contributed by atoms with Gasteiger partial charge in [-0.05, 0) is 58.5 Å². The number of carbonyl (C=O) groups is 2. The van der Waals surface area contributed by atoms with E-state index in [1.54, 1.807) is 23.7 Å². The molecule has 176 valence electrons. The Balaban J connectivity index is 1.52. The van der Waals surface area contributed by atoms with Gasteiger partial charge in [0.05, 0.1) is 5.41 Å². The quantitative estimate of drug-likeness (QED) is 0.275. The smallest absolute Gasteiger partial charge is 0.275 e. The Morgan fingerprint density at radius 2 is 1.51 bits per heavy atom. The first-order chi connectivity index (χ1) is 17.1. The molecule has 5 rings (SSSR count). The first-order valence-electron chi connectivity index (χ1n) is 11.6. The van der Waals surface area contributed by atoms with Gasteiger partial charge in [-0.3, -0.25) is 14.8 Å². The van der Waals surface area contributed by atoms with Crippen LogP contribution in [0.5, 0.6) is 0 Å². The van der Waals surface area contributed by atoms with Crippen LogP contribution >= 0.6 is 0 Å². The maximum absolute atomic E-state index is 13.9. The highest BCUT2D eigenvalue weighted by atomic mass is 16.5. The molecule has 6 nitrogen and oxygen atoms in total. The number of ether oxygens (including phenoxy) is 1. The van der Waals surface area contributed by atoms with Crippen LogP contribution in [0.15, 0.2) is 91.0 Å². The molecule has 1 saturated heterocycles. The molecule has 0 aliphatic carbocycles. The molecule has 6 heteroatoms. The predicted octanol–water partition coefficient (Wildman–Crippen LogP) is 5.31. The van der Waals surface area contributed by atoms with Gasteiger partial charge in [-0.15, -0.1) is 0 Å². The van der Waals surface area contributed by atoms with Gasteiger partial charge in [-0.2, -0.15) is 0 Å². The third-order valence-corrected chi connectivity index (χ3v) is 6.79. The lowest BCUT2D eigenvalue weighted by Gasteiger charge is -2.36. The van der Waals surface area contributed by atoms with Crippen molar-refractivity contribution in [3.63, 3.8) is 0 Å². The fraction of sp³-hybridized carbons (Fsp3) is 0.172. The van der Waals surface area contributed by atoms with Crippen molar-refractivity contribution >= 4 is 28.3 Å². The van der Waals surface area contributed by atoms with Gasteiger partial charge in [0.2, 0.25) is 5.91 Å². The molecule has 1 aliphatic heterocycles. The second kappa shape index (κ2) is 9.70. The summed E-state index contributed by atoms with van der Waals surface area (Å²) in [4.78, 5) is 26.1. The third-order valence-electron chi connectivity index (χ3n) is 6.79. The van der Waals surface area contributed by atoms with E-state index in [0.29, 0.717) is 42.9 Å². The lowest BCUT2D eigenvalue weighted by molar-refractivity contribution is -0.125. The van der Waals surface area contributed by atoms with E-state index in [4.69, 9.17) is 4.74 Å². The van der Waals surface area contributed by atoms with Crippen LogP contribution in [0.25, 0.3) is 21.9 Å². The predicted molar refractivity (Wildman–Crippen MR) is 135 cm³/mol. The van der Waals surface area contributed by atoms with Gasteiger partial charge in [-0.25, -0.2) is 5.48 Å². The Bertz CT molecular complexity index is 1380. The van der Waals surface area contributed by atoms with E-state index >= 15 is 0 Å². The Kier molecular flexibility index (Phi) is 6.31. The van der Waals surface area contributed by atoms with Crippen molar-refractivity contribution in [1.29, 1.82) is 0 Å². The molecule has 0 unspecified atom stereocenters. The van der Waals surface area contributed by atoms with Gasteiger partial charge >= 0.3 is 0 Å². The molecule has 4 aromatic carbocycles. The molecule has 0 saturated carbocycles. The van der Waals surface area contributed by atoms with Crippen LogP contribution in [-0.4, -0.2) is 30.2 Å². The average molecular weight is 467 g/mol. The second-order valence-corrected chi connectivity index (χ2v) is 8.78. The third kappa shape index (κ3) is 4.41. The Hall–Kier alpha value is -4.00. The minimum absolute atomic E-state index is 0.102. The van der Waals surface area contributed by atoms with Crippen molar-refractivity contribution < 1.29 is 19.5 Å². The van der Waals surface area contributed by atoms with Crippen molar-refractivity contribution in [3.8, 4) is 11.1 Å². The number of hydroxylamine groups is 1. The van der Waals surface area contributed by atoms with Crippen molar-refractivity contribution in [2.45, 2.75) is 18.3 Å². The largest absolute Gasteiger partial charge is 0.381 e. The summed E-state index contributed by atoms with van der Waals surface area (Å²) in [6.45, 7) is 1.01. The van der Waals surface area contributed by atoms with E-state index < -0.39 is 11.3 Å². The Labute approximate surface area is 203 Å². The van der Waals surface area contributed by atoms with Gasteiger partial charge in [0.15, 0.2) is 0 Å². The summed E-state index contributed by atoms with van der Waals surface area (Å²) in [6, 6.07) is 28.8. The molecule has 1 aliphatic rings. The molecular formula is C29H26N2O4. The average Bonchev–Trinajstić information content (AvgIpc) is 2.93. The van der Waals surface area contributed by atoms with Gasteiger partial charge < -0.3 is 10.1 Å². The SMILES string of the molecule is O=C(NO)c1ccc(NC(=O)C2(c3ccc4ccccc4c3)CCOCC2)cc1-c1ccccc1. The van der Waals surface area contributed by atoms with Gasteiger partial charge in [0.25, 0.3) is 5.91 Å². The summed E-state index contributed by atoms with van der Waals surface area (Å²) in [7, 11) is 0. The van der Waals surface area contributed by atoms with E-state index in [1.165, 1.54) is 0 Å². The summed E-state index contributed by atoms with van der Waals surface area (Å²) < 4.78 is 5.62. The molecule has 0 aromatic heterocycles. The van der Waals surface area contributed by atoms with E-state index in [0.717, 1.165) is 21.9 Å². The summed E-state index contributed by atoms with van der Waals surface area (Å²) in [6.07, 6.45) is 1.15. The number of anilines is 1. The van der Waals surface area contributed by atoms with Crippen LogP contribution in [0.1, 0.15) is 28.8 Å². The van der Waals surface area contributed by atoms with Gasteiger partial charge in [0, 0.05) is 24.5 Å². The number of carbonyl (C=O) groups excluding carboxylic acids is 2. The molecule has 35 heavy (non-hydrogen) atoms. The molecule has 0 bridgehead atoms. The molecule has 4 aromatic rings. The first-order valence-corrected chi connectivity index (χ1v) is 11.6. The van der Waals surface area contributed by atoms with Crippen LogP contribution < -0.4 is 10.8 Å². The fourth-order valence-corrected chi connectivity index (χ4v) is 4.84. The first kappa shape index (κ1) is 22.8. The Morgan fingerprint density at radius 1 is 0.800 bits per heavy atom. The monoisotopic (exact) mass is 466 g/mol. The molecule has 0 radical (unpaired) electrons. The normalized spacial score (nSPS) is 14.9. The highest BCUT2D eigenvalue weighted by Gasteiger charge is 2.42. The lowest BCUT2D eigenvalue weighted by Crippen LogP contribution is -2.44. The van der Waals surface area contributed by atoms with Crippen molar-refractivity contribution in [3.05, 3.63) is 102 Å². The minimum Gasteiger partial charge on any atom is -0.381 e. The topological polar surface area (TPSA) is 87.7 Å². The zero-order valence-electron chi connectivity index (χ0n) is 19.2. The number of hydrogen-bond donors (Lipinski definition) is 3. The van der Waals surface area contributed by atoms with Crippen LogP contribution in [0.3, 0.4) is 0 Å². The number of fused-ring (bicyclic) bond motifs is 1. The second-order valence-electron chi connectivity index (χ2n) is 8.78. The minimum atomic E-state index is -0.726.